The van der Waals surface area contributed by atoms with Crippen LogP contribution in [0.4, 0.5) is 5.69 Å². The van der Waals surface area contributed by atoms with Crippen LogP contribution < -0.4 is 5.32 Å². The number of anilines is 1. The first-order chi connectivity index (χ1) is 7.00. The van der Waals surface area contributed by atoms with Crippen molar-refractivity contribution in [3.63, 3.8) is 0 Å². The molecule has 0 radical (unpaired) electrons. The van der Waals surface area contributed by atoms with Gasteiger partial charge in [0.2, 0.25) is 0 Å². The van der Waals surface area contributed by atoms with E-state index < -0.39 is 0 Å². The van der Waals surface area contributed by atoms with Gasteiger partial charge in [-0.25, -0.2) is 0 Å². The molecule has 1 aromatic carbocycles. The van der Waals surface area contributed by atoms with Gasteiger partial charge in [-0.05, 0) is 24.6 Å². The van der Waals surface area contributed by atoms with Crippen molar-refractivity contribution in [1.82, 2.24) is 0 Å². The molecule has 0 bridgehead atoms. The van der Waals surface area contributed by atoms with Crippen LogP contribution in [0.1, 0.15) is 5.56 Å². The summed E-state index contributed by atoms with van der Waals surface area (Å²) in [5.74, 6) is 0.171. The van der Waals surface area contributed by atoms with Gasteiger partial charge in [0.05, 0.1) is 17.3 Å². The van der Waals surface area contributed by atoms with Crippen molar-refractivity contribution in [2.45, 2.75) is 6.92 Å². The number of phenolic OH excluding ortho intramolecular Hbond substituents is 1. The van der Waals surface area contributed by atoms with Gasteiger partial charge in [0, 0.05) is 0 Å². The maximum atomic E-state index is 9.56. The Morgan fingerprint density at radius 2 is 2.00 bits per heavy atom. The lowest BCUT2D eigenvalue weighted by Crippen LogP contribution is -2.02. The minimum absolute atomic E-state index is 0.0239. The minimum atomic E-state index is 0.0239. The SMILES string of the molecule is Cc1ccc(NCC(Cl)=C(Cl)Cl)c(O)c1. The number of benzene rings is 1. The van der Waals surface area contributed by atoms with E-state index in [1.807, 2.05) is 13.0 Å². The molecule has 15 heavy (non-hydrogen) atoms. The maximum Gasteiger partial charge on any atom is 0.138 e. The zero-order valence-corrected chi connectivity index (χ0v) is 10.3. The van der Waals surface area contributed by atoms with E-state index >= 15 is 0 Å². The molecule has 0 saturated heterocycles. The van der Waals surface area contributed by atoms with Crippen molar-refractivity contribution in [3.05, 3.63) is 33.3 Å². The summed E-state index contributed by atoms with van der Waals surface area (Å²) in [7, 11) is 0. The normalized spacial score (nSPS) is 9.87. The third-order valence-electron chi connectivity index (χ3n) is 1.79. The second kappa shape index (κ2) is 5.50. The van der Waals surface area contributed by atoms with Gasteiger partial charge in [-0.1, -0.05) is 40.9 Å². The third-order valence-corrected chi connectivity index (χ3v) is 2.76. The standard InChI is InChI=1S/C10H10Cl3NO/c1-6-2-3-8(9(15)4-6)14-5-7(11)10(12)13/h2-4,14-15H,5H2,1H3. The highest BCUT2D eigenvalue weighted by Gasteiger charge is 2.03. The molecule has 0 aromatic heterocycles. The summed E-state index contributed by atoms with van der Waals surface area (Å²) in [6, 6.07) is 5.29. The Morgan fingerprint density at radius 3 is 2.53 bits per heavy atom. The highest BCUT2D eigenvalue weighted by molar-refractivity contribution is 6.59. The number of hydrogen-bond acceptors (Lipinski definition) is 2. The molecule has 0 amide bonds. The quantitative estimate of drug-likeness (QED) is 0.811. The smallest absolute Gasteiger partial charge is 0.138 e. The molecule has 82 valence electrons. The van der Waals surface area contributed by atoms with Crippen LogP contribution in [-0.2, 0) is 0 Å². The van der Waals surface area contributed by atoms with Crippen LogP contribution in [-0.4, -0.2) is 11.7 Å². The van der Waals surface area contributed by atoms with Crippen molar-refractivity contribution >= 4 is 40.5 Å². The Morgan fingerprint density at radius 1 is 1.33 bits per heavy atom. The predicted octanol–water partition coefficient (Wildman–Crippen LogP) is 4.00. The van der Waals surface area contributed by atoms with E-state index in [0.717, 1.165) is 5.56 Å². The molecular weight excluding hydrogens is 256 g/mol. The number of aryl methyl sites for hydroxylation is 1. The van der Waals surface area contributed by atoms with Crippen molar-refractivity contribution < 1.29 is 5.11 Å². The Hall–Kier alpha value is -0.570. The molecule has 0 aliphatic carbocycles. The van der Waals surface area contributed by atoms with Gasteiger partial charge in [-0.2, -0.15) is 0 Å². The lowest BCUT2D eigenvalue weighted by atomic mass is 10.2. The summed E-state index contributed by atoms with van der Waals surface area (Å²) in [6.07, 6.45) is 0. The molecule has 0 saturated carbocycles. The first-order valence-electron chi connectivity index (χ1n) is 4.24. The fourth-order valence-corrected chi connectivity index (χ4v) is 1.23. The van der Waals surface area contributed by atoms with Crippen molar-refractivity contribution in [2.75, 3.05) is 11.9 Å². The highest BCUT2D eigenvalue weighted by atomic mass is 35.5. The van der Waals surface area contributed by atoms with Gasteiger partial charge in [0.25, 0.3) is 0 Å². The van der Waals surface area contributed by atoms with Crippen molar-refractivity contribution in [2.24, 2.45) is 0 Å². The molecule has 2 N–H and O–H groups in total. The van der Waals surface area contributed by atoms with Gasteiger partial charge in [0.15, 0.2) is 0 Å². The largest absolute Gasteiger partial charge is 0.506 e. The summed E-state index contributed by atoms with van der Waals surface area (Å²) in [4.78, 5) is 0. The zero-order valence-electron chi connectivity index (χ0n) is 8.02. The first-order valence-corrected chi connectivity index (χ1v) is 5.37. The summed E-state index contributed by atoms with van der Waals surface area (Å²) in [6.45, 7) is 2.17. The molecule has 5 heteroatoms. The van der Waals surface area contributed by atoms with Crippen LogP contribution in [0.2, 0.25) is 0 Å². The van der Waals surface area contributed by atoms with Crippen LogP contribution >= 0.6 is 34.8 Å². The summed E-state index contributed by atoms with van der Waals surface area (Å²) in [5.41, 5.74) is 1.57. The highest BCUT2D eigenvalue weighted by Crippen LogP contribution is 2.25. The van der Waals surface area contributed by atoms with E-state index in [-0.39, 0.29) is 16.8 Å². The number of halogens is 3. The molecule has 0 unspecified atom stereocenters. The van der Waals surface area contributed by atoms with Crippen LogP contribution in [0.15, 0.2) is 27.7 Å². The van der Waals surface area contributed by atoms with Gasteiger partial charge < -0.3 is 10.4 Å². The van der Waals surface area contributed by atoms with Crippen LogP contribution in [0.25, 0.3) is 0 Å². The monoisotopic (exact) mass is 265 g/mol. The molecule has 0 spiro atoms. The van der Waals surface area contributed by atoms with Gasteiger partial charge in [-0.15, -0.1) is 0 Å². The molecule has 0 atom stereocenters. The average Bonchev–Trinajstić information content (AvgIpc) is 2.15. The summed E-state index contributed by atoms with van der Waals surface area (Å²) < 4.78 is 0.0239. The molecule has 0 aliphatic rings. The molecule has 1 aromatic rings. The van der Waals surface area contributed by atoms with E-state index in [1.54, 1.807) is 12.1 Å². The van der Waals surface area contributed by atoms with Crippen LogP contribution in [0.5, 0.6) is 5.75 Å². The Bertz CT molecular complexity index is 386. The number of nitrogens with one attached hydrogen (secondary N) is 1. The molecular formula is C10H10Cl3NO. The van der Waals surface area contributed by atoms with E-state index in [1.165, 1.54) is 0 Å². The van der Waals surface area contributed by atoms with Crippen molar-refractivity contribution in [1.29, 1.82) is 0 Å². The number of aromatic hydroxyl groups is 1. The van der Waals surface area contributed by atoms with E-state index in [2.05, 4.69) is 5.32 Å². The summed E-state index contributed by atoms with van der Waals surface area (Å²) in [5, 5.41) is 12.8. The first kappa shape index (κ1) is 12.5. The molecule has 0 fully saturated rings. The molecule has 1 rings (SSSR count). The second-order valence-corrected chi connectivity index (χ2v) is 4.45. The van der Waals surface area contributed by atoms with E-state index in [0.29, 0.717) is 10.7 Å². The number of phenols is 1. The molecule has 0 heterocycles. The fraction of sp³-hybridized carbons (Fsp3) is 0.200. The van der Waals surface area contributed by atoms with Gasteiger partial charge >= 0.3 is 0 Å². The van der Waals surface area contributed by atoms with Crippen LogP contribution in [0.3, 0.4) is 0 Å². The zero-order chi connectivity index (χ0) is 11.4. The predicted molar refractivity (Wildman–Crippen MR) is 65.9 cm³/mol. The topological polar surface area (TPSA) is 32.3 Å². The average molecular weight is 267 g/mol. The fourth-order valence-electron chi connectivity index (χ4n) is 1.03. The van der Waals surface area contributed by atoms with E-state index in [9.17, 15) is 5.11 Å². The van der Waals surface area contributed by atoms with Crippen LogP contribution in [0, 0.1) is 6.92 Å². The van der Waals surface area contributed by atoms with Gasteiger partial charge in [0.1, 0.15) is 10.2 Å². The lowest BCUT2D eigenvalue weighted by Gasteiger charge is -2.08. The minimum Gasteiger partial charge on any atom is -0.506 e. The molecule has 0 aliphatic heterocycles. The second-order valence-electron chi connectivity index (χ2n) is 3.04. The Labute approximate surface area is 103 Å². The van der Waals surface area contributed by atoms with Gasteiger partial charge in [-0.3, -0.25) is 0 Å². The van der Waals surface area contributed by atoms with Crippen molar-refractivity contribution in [3.8, 4) is 5.75 Å². The Kier molecular flexibility index (Phi) is 4.58. The number of rotatable bonds is 3. The lowest BCUT2D eigenvalue weighted by molar-refractivity contribution is 0.477. The van der Waals surface area contributed by atoms with E-state index in [4.69, 9.17) is 34.8 Å². The maximum absolute atomic E-state index is 9.56. The Balaban J connectivity index is 2.70. The molecule has 2 nitrogen and oxygen atoms in total. The third kappa shape index (κ3) is 3.82. The number of hydrogen-bond donors (Lipinski definition) is 2. The summed E-state index contributed by atoms with van der Waals surface area (Å²) >= 11 is 16.7.